The van der Waals surface area contributed by atoms with E-state index in [2.05, 4.69) is 144 Å². The number of fused-ring (bicyclic) bond motifs is 5. The zero-order valence-electron chi connectivity index (χ0n) is 23.2. The summed E-state index contributed by atoms with van der Waals surface area (Å²) in [4.78, 5) is 7.83. The van der Waals surface area contributed by atoms with Crippen molar-refractivity contribution in [3.63, 3.8) is 0 Å². The van der Waals surface area contributed by atoms with Crippen molar-refractivity contribution in [2.24, 2.45) is 0 Å². The number of benzene rings is 3. The molecule has 0 N–H and O–H groups in total. The van der Waals surface area contributed by atoms with Crippen LogP contribution >= 0.6 is 11.3 Å². The highest BCUT2D eigenvalue weighted by atomic mass is 32.1. The summed E-state index contributed by atoms with van der Waals surface area (Å²) in [5.74, 6) is 1.00. The third kappa shape index (κ3) is 3.52. The van der Waals surface area contributed by atoms with Crippen molar-refractivity contribution >= 4 is 22.1 Å². The molecule has 2 aromatic heterocycles. The molecule has 1 unspecified atom stereocenters. The zero-order valence-corrected chi connectivity index (χ0v) is 24.0. The highest BCUT2D eigenvalue weighted by Gasteiger charge is 2.53. The third-order valence-corrected chi connectivity index (χ3v) is 9.79. The molecule has 2 nitrogen and oxygen atoms in total. The van der Waals surface area contributed by atoms with E-state index in [1.807, 2.05) is 0 Å². The van der Waals surface area contributed by atoms with E-state index in [1.54, 1.807) is 11.3 Å². The number of allylic oxidation sites excluding steroid dienone is 1. The number of hydrogen-bond acceptors (Lipinski definition) is 2. The summed E-state index contributed by atoms with van der Waals surface area (Å²) >= 11 is 1.79. The van der Waals surface area contributed by atoms with Crippen LogP contribution in [0, 0.1) is 0 Å². The summed E-state index contributed by atoms with van der Waals surface area (Å²) in [5, 5.41) is 2.64. The zero-order chi connectivity index (χ0) is 26.9. The first-order valence-corrected chi connectivity index (χ1v) is 14.2. The highest BCUT2D eigenvalue weighted by molar-refractivity contribution is 7.18. The summed E-state index contributed by atoms with van der Waals surface area (Å²) in [5.41, 5.74) is 5.62. The Balaban J connectivity index is 1.65. The lowest BCUT2D eigenvalue weighted by molar-refractivity contribution is -0.753. The summed E-state index contributed by atoms with van der Waals surface area (Å²) < 4.78 is 2.35. The predicted molar refractivity (Wildman–Crippen MR) is 162 cm³/mol. The van der Waals surface area contributed by atoms with Gasteiger partial charge in [0.15, 0.2) is 5.69 Å². The molecular formula is C35H35N2S+. The van der Waals surface area contributed by atoms with Crippen molar-refractivity contribution in [1.82, 2.24) is 4.98 Å². The van der Waals surface area contributed by atoms with Crippen molar-refractivity contribution in [2.45, 2.75) is 57.9 Å². The van der Waals surface area contributed by atoms with Gasteiger partial charge in [-0.3, -0.25) is 0 Å². The fraction of sp³-hybridized carbons (Fsp3) is 0.257. The summed E-state index contributed by atoms with van der Waals surface area (Å²) in [6.45, 7) is 18.2. The fourth-order valence-corrected chi connectivity index (χ4v) is 7.09. The minimum atomic E-state index is -0.350. The largest absolute Gasteiger partial charge is 0.332 e. The number of aromatic nitrogens is 2. The van der Waals surface area contributed by atoms with Gasteiger partial charge in [-0.25, -0.2) is 4.57 Å². The van der Waals surface area contributed by atoms with Crippen LogP contribution in [-0.4, -0.2) is 4.98 Å². The molecule has 0 fully saturated rings. The van der Waals surface area contributed by atoms with E-state index in [0.29, 0.717) is 0 Å². The Morgan fingerprint density at radius 2 is 1.50 bits per heavy atom. The van der Waals surface area contributed by atoms with E-state index in [4.69, 9.17) is 4.98 Å². The summed E-state index contributed by atoms with van der Waals surface area (Å²) in [7, 11) is 0. The van der Waals surface area contributed by atoms with E-state index in [1.165, 1.54) is 42.8 Å². The molecule has 0 radical (unpaired) electrons. The third-order valence-electron chi connectivity index (χ3n) is 8.63. The van der Waals surface area contributed by atoms with E-state index >= 15 is 0 Å². The number of nitrogens with zero attached hydrogens (tertiary/aromatic N) is 2. The van der Waals surface area contributed by atoms with Crippen LogP contribution in [0.2, 0.25) is 0 Å². The Kier molecular flexibility index (Phi) is 5.52. The van der Waals surface area contributed by atoms with Crippen LogP contribution in [-0.2, 0) is 16.4 Å². The van der Waals surface area contributed by atoms with Crippen molar-refractivity contribution in [3.8, 4) is 32.4 Å². The van der Waals surface area contributed by atoms with Crippen LogP contribution in [0.4, 0.5) is 0 Å². The monoisotopic (exact) mass is 515 g/mol. The Bertz CT molecular complexity index is 1700. The molecule has 0 saturated heterocycles. The quantitative estimate of drug-likeness (QED) is 0.173. The lowest BCUT2D eigenvalue weighted by atomic mass is 9.63. The molecule has 0 aliphatic carbocycles. The molecule has 0 amide bonds. The van der Waals surface area contributed by atoms with Gasteiger partial charge in [-0.15, -0.1) is 11.3 Å². The topological polar surface area (TPSA) is 16.8 Å². The van der Waals surface area contributed by atoms with Gasteiger partial charge < -0.3 is 0 Å². The van der Waals surface area contributed by atoms with Crippen LogP contribution in [0.15, 0.2) is 97.7 Å². The lowest BCUT2D eigenvalue weighted by Gasteiger charge is -2.45. The van der Waals surface area contributed by atoms with Gasteiger partial charge in [0, 0.05) is 16.4 Å². The molecule has 38 heavy (non-hydrogen) atoms. The average molecular weight is 516 g/mol. The first-order chi connectivity index (χ1) is 18.1. The SMILES string of the molecule is C=CC1(C)[n+]2ccc(-c3ccc(-c4ccccc4)s3)nc2-c2cc(C(C)(C)C)c3ccccc3c2C1(C)C. The second-order valence-corrected chi connectivity index (χ2v) is 13.2. The van der Waals surface area contributed by atoms with Crippen LogP contribution in [0.5, 0.6) is 0 Å². The molecule has 1 aliphatic rings. The van der Waals surface area contributed by atoms with Crippen molar-refractivity contribution in [2.75, 3.05) is 0 Å². The first kappa shape index (κ1) is 24.8. The standard InChI is InChI=1S/C35H35N2S/c1-8-35(7)34(5,6)31-25-17-13-12-16-24(25)27(33(2,3)4)22-26(31)32-36-28(20-21-37(32)35)30-19-18-29(38-30)23-14-10-9-11-15-23/h8-22H,1H2,2-7H3/q+1. The molecule has 3 heteroatoms. The predicted octanol–water partition coefficient (Wildman–Crippen LogP) is 9.07. The molecule has 0 saturated carbocycles. The van der Waals surface area contributed by atoms with Crippen LogP contribution in [0.1, 0.15) is 52.7 Å². The highest BCUT2D eigenvalue weighted by Crippen LogP contribution is 2.50. The fourth-order valence-electron chi connectivity index (χ4n) is 6.11. The maximum atomic E-state index is 5.40. The number of hydrogen-bond donors (Lipinski definition) is 0. The lowest BCUT2D eigenvalue weighted by Crippen LogP contribution is -2.66. The van der Waals surface area contributed by atoms with Crippen LogP contribution in [0.3, 0.4) is 0 Å². The molecule has 1 atom stereocenters. The van der Waals surface area contributed by atoms with Gasteiger partial charge in [-0.1, -0.05) is 95.8 Å². The Hall–Kier alpha value is -3.56. The van der Waals surface area contributed by atoms with Crippen LogP contribution in [0.25, 0.3) is 43.2 Å². The molecule has 190 valence electrons. The normalized spacial score (nSPS) is 18.2. The average Bonchev–Trinajstić information content (AvgIpc) is 3.41. The number of thiophene rings is 1. The van der Waals surface area contributed by atoms with Gasteiger partial charge in [0.2, 0.25) is 0 Å². The Morgan fingerprint density at radius 3 is 2.18 bits per heavy atom. The summed E-state index contributed by atoms with van der Waals surface area (Å²) in [6.07, 6.45) is 4.32. The van der Waals surface area contributed by atoms with E-state index in [-0.39, 0.29) is 16.4 Å². The molecular weight excluding hydrogens is 480 g/mol. The van der Waals surface area contributed by atoms with Gasteiger partial charge in [0.1, 0.15) is 5.54 Å². The first-order valence-electron chi connectivity index (χ1n) is 13.4. The second kappa shape index (κ2) is 8.47. The summed E-state index contributed by atoms with van der Waals surface area (Å²) in [6, 6.07) is 28.5. The smallest absolute Gasteiger partial charge is 0.221 e. The van der Waals surface area contributed by atoms with Crippen LogP contribution < -0.4 is 4.57 Å². The van der Waals surface area contributed by atoms with Gasteiger partial charge in [0.05, 0.1) is 16.6 Å². The van der Waals surface area contributed by atoms with Gasteiger partial charge in [-0.2, -0.15) is 0 Å². The Morgan fingerprint density at radius 1 is 0.842 bits per heavy atom. The molecule has 5 aromatic rings. The van der Waals surface area contributed by atoms with Crippen molar-refractivity contribution < 1.29 is 4.57 Å². The van der Waals surface area contributed by atoms with Gasteiger partial charge >= 0.3 is 5.82 Å². The molecule has 6 rings (SSSR count). The molecule has 0 bridgehead atoms. The van der Waals surface area contributed by atoms with E-state index in [9.17, 15) is 0 Å². The van der Waals surface area contributed by atoms with Gasteiger partial charge in [0.25, 0.3) is 0 Å². The van der Waals surface area contributed by atoms with Crippen molar-refractivity contribution in [1.29, 1.82) is 0 Å². The number of rotatable bonds is 3. The second-order valence-electron chi connectivity index (χ2n) is 12.2. The molecule has 3 heterocycles. The molecule has 3 aromatic carbocycles. The van der Waals surface area contributed by atoms with E-state index < -0.39 is 0 Å². The molecule has 1 aliphatic heterocycles. The minimum Gasteiger partial charge on any atom is -0.221 e. The Labute approximate surface area is 230 Å². The van der Waals surface area contributed by atoms with Crippen molar-refractivity contribution in [3.05, 3.63) is 109 Å². The van der Waals surface area contributed by atoms with E-state index in [0.717, 1.165) is 11.5 Å². The molecule has 0 spiro atoms. The van der Waals surface area contributed by atoms with Gasteiger partial charge in [-0.05, 0) is 69.1 Å². The maximum absolute atomic E-state index is 5.40. The maximum Gasteiger partial charge on any atom is 0.332 e. The minimum absolute atomic E-state index is 0.00125.